The molecule has 0 aliphatic heterocycles. The van der Waals surface area contributed by atoms with E-state index in [1.54, 1.807) is 0 Å². The molecule has 0 amide bonds. The molecule has 0 fully saturated rings. The van der Waals surface area contributed by atoms with Crippen LogP contribution in [-0.2, 0) is 6.54 Å². The highest BCUT2D eigenvalue weighted by molar-refractivity contribution is 7.98. The molecule has 0 saturated heterocycles. The smallest absolute Gasteiger partial charge is 0.0426 e. The molecular formula is C17H29ClN2S. The Morgan fingerprint density at radius 2 is 2.00 bits per heavy atom. The molecule has 120 valence electrons. The van der Waals surface area contributed by atoms with Gasteiger partial charge in [-0.15, -0.1) is 0 Å². The summed E-state index contributed by atoms with van der Waals surface area (Å²) < 4.78 is 0. The zero-order valence-electron chi connectivity index (χ0n) is 13.9. The number of halogens is 1. The van der Waals surface area contributed by atoms with E-state index in [9.17, 15) is 0 Å². The molecule has 0 aliphatic carbocycles. The van der Waals surface area contributed by atoms with E-state index in [0.29, 0.717) is 12.0 Å². The van der Waals surface area contributed by atoms with E-state index >= 15 is 0 Å². The summed E-state index contributed by atoms with van der Waals surface area (Å²) in [5.74, 6) is 1.85. The van der Waals surface area contributed by atoms with Crippen molar-refractivity contribution in [2.24, 2.45) is 5.92 Å². The maximum absolute atomic E-state index is 6.20. The van der Waals surface area contributed by atoms with Crippen LogP contribution in [0.25, 0.3) is 0 Å². The minimum atomic E-state index is 0.514. The Morgan fingerprint density at radius 1 is 1.29 bits per heavy atom. The number of nitrogens with one attached hydrogen (secondary N) is 1. The largest absolute Gasteiger partial charge is 0.372 e. The van der Waals surface area contributed by atoms with Gasteiger partial charge >= 0.3 is 0 Å². The highest BCUT2D eigenvalue weighted by Crippen LogP contribution is 2.26. The van der Waals surface area contributed by atoms with Crippen LogP contribution in [0.15, 0.2) is 18.2 Å². The van der Waals surface area contributed by atoms with Crippen molar-refractivity contribution in [1.82, 2.24) is 5.32 Å². The Bertz CT molecular complexity index is 423. The lowest BCUT2D eigenvalue weighted by Crippen LogP contribution is -2.31. The fourth-order valence-electron chi connectivity index (χ4n) is 2.23. The molecule has 4 heteroatoms. The highest BCUT2D eigenvalue weighted by atomic mass is 35.5. The van der Waals surface area contributed by atoms with Crippen molar-refractivity contribution in [3.05, 3.63) is 28.8 Å². The molecule has 0 heterocycles. The third-order valence-corrected chi connectivity index (χ3v) is 4.58. The molecule has 0 aliphatic rings. The number of anilines is 1. The normalized spacial score (nSPS) is 12.7. The summed E-state index contributed by atoms with van der Waals surface area (Å²) in [5.41, 5.74) is 2.56. The van der Waals surface area contributed by atoms with Gasteiger partial charge in [0, 0.05) is 30.3 Å². The van der Waals surface area contributed by atoms with Gasteiger partial charge in [0.2, 0.25) is 0 Å². The van der Waals surface area contributed by atoms with Gasteiger partial charge in [-0.25, -0.2) is 0 Å². The molecule has 1 atom stereocenters. The van der Waals surface area contributed by atoms with Gasteiger partial charge in [0.1, 0.15) is 0 Å². The summed E-state index contributed by atoms with van der Waals surface area (Å²) >= 11 is 8.11. The molecule has 1 aromatic rings. The van der Waals surface area contributed by atoms with Crippen molar-refractivity contribution >= 4 is 29.1 Å². The lowest BCUT2D eigenvalue weighted by molar-refractivity contribution is 0.551. The van der Waals surface area contributed by atoms with E-state index in [4.69, 9.17) is 11.6 Å². The van der Waals surface area contributed by atoms with Crippen LogP contribution in [-0.4, -0.2) is 31.6 Å². The van der Waals surface area contributed by atoms with E-state index in [1.807, 2.05) is 17.8 Å². The molecule has 0 saturated carbocycles. The molecule has 2 nitrogen and oxygen atoms in total. The lowest BCUT2D eigenvalue weighted by atomic mass is 10.1. The summed E-state index contributed by atoms with van der Waals surface area (Å²) in [6, 6.07) is 6.73. The summed E-state index contributed by atoms with van der Waals surface area (Å²) in [4.78, 5) is 2.36. The molecule has 0 aromatic heterocycles. The quantitative estimate of drug-likeness (QED) is 0.709. The maximum Gasteiger partial charge on any atom is 0.0426 e. The Hall–Kier alpha value is -0.380. The highest BCUT2D eigenvalue weighted by Gasteiger charge is 2.14. The van der Waals surface area contributed by atoms with Gasteiger partial charge in [-0.1, -0.05) is 31.5 Å². The number of thioether (sulfide) groups is 1. The summed E-state index contributed by atoms with van der Waals surface area (Å²) in [6.07, 6.45) is 3.34. The fraction of sp³-hybridized carbons (Fsp3) is 0.647. The minimum absolute atomic E-state index is 0.514. The Kier molecular flexibility index (Phi) is 8.53. The third-order valence-electron chi connectivity index (χ3n) is 3.70. The topological polar surface area (TPSA) is 15.3 Å². The van der Waals surface area contributed by atoms with Crippen LogP contribution in [0, 0.1) is 5.92 Å². The van der Waals surface area contributed by atoms with Gasteiger partial charge < -0.3 is 10.2 Å². The first-order valence-corrected chi connectivity index (χ1v) is 9.43. The average Bonchev–Trinajstić information content (AvgIpc) is 2.45. The SMILES string of the molecule is CSCCC(C)N(C)c1cc(Cl)ccc1CNCC(C)C. The summed E-state index contributed by atoms with van der Waals surface area (Å²) in [6.45, 7) is 8.67. The first kappa shape index (κ1) is 18.7. The van der Waals surface area contributed by atoms with Crippen molar-refractivity contribution in [3.8, 4) is 0 Å². The van der Waals surface area contributed by atoms with E-state index in [0.717, 1.165) is 18.1 Å². The van der Waals surface area contributed by atoms with Crippen molar-refractivity contribution in [3.63, 3.8) is 0 Å². The summed E-state index contributed by atoms with van der Waals surface area (Å²) in [5, 5.41) is 4.33. The number of benzene rings is 1. The maximum atomic E-state index is 6.20. The van der Waals surface area contributed by atoms with Crippen LogP contribution >= 0.6 is 23.4 Å². The van der Waals surface area contributed by atoms with Crippen LogP contribution in [0.1, 0.15) is 32.8 Å². The second-order valence-electron chi connectivity index (χ2n) is 6.04. The fourth-order valence-corrected chi connectivity index (χ4v) is 2.97. The number of hydrogen-bond donors (Lipinski definition) is 1. The van der Waals surface area contributed by atoms with Crippen LogP contribution in [0.4, 0.5) is 5.69 Å². The average molecular weight is 329 g/mol. The molecule has 1 aromatic carbocycles. The Morgan fingerprint density at radius 3 is 2.62 bits per heavy atom. The minimum Gasteiger partial charge on any atom is -0.372 e. The monoisotopic (exact) mass is 328 g/mol. The first-order valence-electron chi connectivity index (χ1n) is 7.66. The molecule has 21 heavy (non-hydrogen) atoms. The molecule has 1 N–H and O–H groups in total. The zero-order valence-corrected chi connectivity index (χ0v) is 15.5. The molecule has 0 radical (unpaired) electrons. The predicted octanol–water partition coefficient (Wildman–Crippen LogP) is 4.66. The van der Waals surface area contributed by atoms with Crippen LogP contribution < -0.4 is 10.2 Å². The molecule has 0 bridgehead atoms. The van der Waals surface area contributed by atoms with Gasteiger partial charge in [0.05, 0.1) is 0 Å². The van der Waals surface area contributed by atoms with E-state index in [2.05, 4.69) is 56.4 Å². The standard InChI is InChI=1S/C17H29ClN2S/c1-13(2)11-19-12-15-6-7-16(18)10-17(15)20(4)14(3)8-9-21-5/h6-7,10,13-14,19H,8-9,11-12H2,1-5H3. The van der Waals surface area contributed by atoms with Crippen LogP contribution in [0.5, 0.6) is 0 Å². The van der Waals surface area contributed by atoms with Crippen LogP contribution in [0.2, 0.25) is 5.02 Å². The number of rotatable bonds is 9. The molecule has 1 rings (SSSR count). The Labute approximate surface area is 139 Å². The lowest BCUT2D eigenvalue weighted by Gasteiger charge is -2.29. The third kappa shape index (κ3) is 6.50. The molecule has 0 spiro atoms. The van der Waals surface area contributed by atoms with Crippen molar-refractivity contribution in [1.29, 1.82) is 0 Å². The Balaban J connectivity index is 2.80. The van der Waals surface area contributed by atoms with Gasteiger partial charge in [0.25, 0.3) is 0 Å². The van der Waals surface area contributed by atoms with E-state index < -0.39 is 0 Å². The van der Waals surface area contributed by atoms with Crippen molar-refractivity contribution in [2.45, 2.75) is 39.8 Å². The number of hydrogen-bond acceptors (Lipinski definition) is 3. The zero-order chi connectivity index (χ0) is 15.8. The van der Waals surface area contributed by atoms with Crippen molar-refractivity contribution in [2.75, 3.05) is 30.5 Å². The molecule has 1 unspecified atom stereocenters. The van der Waals surface area contributed by atoms with Crippen LogP contribution in [0.3, 0.4) is 0 Å². The second-order valence-corrected chi connectivity index (χ2v) is 7.46. The predicted molar refractivity (Wildman–Crippen MR) is 98.9 cm³/mol. The first-order chi connectivity index (χ1) is 9.95. The molecular weight excluding hydrogens is 300 g/mol. The van der Waals surface area contributed by atoms with Gasteiger partial charge in [-0.3, -0.25) is 0 Å². The van der Waals surface area contributed by atoms with Gasteiger partial charge in [0.15, 0.2) is 0 Å². The van der Waals surface area contributed by atoms with Gasteiger partial charge in [-0.2, -0.15) is 11.8 Å². The van der Waals surface area contributed by atoms with E-state index in [1.165, 1.54) is 23.4 Å². The number of nitrogens with zero attached hydrogens (tertiary/aromatic N) is 1. The van der Waals surface area contributed by atoms with E-state index in [-0.39, 0.29) is 0 Å². The summed E-state index contributed by atoms with van der Waals surface area (Å²) in [7, 11) is 2.17. The second kappa shape index (κ2) is 9.60. The van der Waals surface area contributed by atoms with Gasteiger partial charge in [-0.05, 0) is 55.5 Å². The van der Waals surface area contributed by atoms with Crippen molar-refractivity contribution < 1.29 is 0 Å².